The van der Waals surface area contributed by atoms with Crippen LogP contribution in [0.2, 0.25) is 0 Å². The Balaban J connectivity index is 2.40. The summed E-state index contributed by atoms with van der Waals surface area (Å²) in [5.41, 5.74) is 7.07. The Bertz CT molecular complexity index is 633. The van der Waals surface area contributed by atoms with Crippen LogP contribution in [0.3, 0.4) is 0 Å². The fourth-order valence-corrected chi connectivity index (χ4v) is 1.44. The van der Waals surface area contributed by atoms with Crippen molar-refractivity contribution >= 4 is 17.3 Å². The third kappa shape index (κ3) is 2.35. The van der Waals surface area contributed by atoms with Crippen LogP contribution in [0.5, 0.6) is 0 Å². The van der Waals surface area contributed by atoms with Crippen molar-refractivity contribution in [1.29, 1.82) is 5.26 Å². The van der Waals surface area contributed by atoms with Gasteiger partial charge in [-0.3, -0.25) is 4.98 Å². The number of hydrogen-bond acceptors (Lipinski definition) is 5. The number of hydrogen-bond donors (Lipinski definition) is 2. The van der Waals surface area contributed by atoms with E-state index in [4.69, 9.17) is 11.0 Å². The third-order valence-corrected chi connectivity index (χ3v) is 2.26. The van der Waals surface area contributed by atoms with Crippen LogP contribution in [0.25, 0.3) is 0 Å². The number of pyridine rings is 2. The molecular weight excluding hydrogens is 233 g/mol. The van der Waals surface area contributed by atoms with Crippen molar-refractivity contribution in [2.24, 2.45) is 0 Å². The number of halogens is 1. The number of nitrogens with two attached hydrogens (primary N) is 1. The monoisotopic (exact) mass is 243 g/mol. The molecule has 6 heteroatoms. The van der Waals surface area contributed by atoms with E-state index in [9.17, 15) is 4.39 Å². The number of aryl methyl sites for hydroxylation is 1. The lowest BCUT2D eigenvalue weighted by molar-refractivity contribution is 0.627. The van der Waals surface area contributed by atoms with Gasteiger partial charge in [-0.15, -0.1) is 0 Å². The van der Waals surface area contributed by atoms with Crippen LogP contribution in [0.15, 0.2) is 24.5 Å². The van der Waals surface area contributed by atoms with Crippen LogP contribution in [0.4, 0.5) is 21.7 Å². The highest BCUT2D eigenvalue weighted by molar-refractivity contribution is 5.64. The van der Waals surface area contributed by atoms with E-state index >= 15 is 0 Å². The van der Waals surface area contributed by atoms with Crippen molar-refractivity contribution < 1.29 is 4.39 Å². The van der Waals surface area contributed by atoms with Gasteiger partial charge in [0.05, 0.1) is 17.4 Å². The predicted molar refractivity (Wildman–Crippen MR) is 65.6 cm³/mol. The largest absolute Gasteiger partial charge is 0.381 e. The summed E-state index contributed by atoms with van der Waals surface area (Å²) < 4.78 is 13.2. The molecule has 0 radical (unpaired) electrons. The van der Waals surface area contributed by atoms with E-state index < -0.39 is 5.82 Å². The summed E-state index contributed by atoms with van der Waals surface area (Å²) in [7, 11) is 0. The number of rotatable bonds is 2. The number of anilines is 3. The highest BCUT2D eigenvalue weighted by atomic mass is 19.1. The molecule has 0 aliphatic carbocycles. The van der Waals surface area contributed by atoms with Crippen LogP contribution in [0, 0.1) is 24.1 Å². The van der Waals surface area contributed by atoms with Crippen LogP contribution < -0.4 is 11.1 Å². The Morgan fingerprint density at radius 3 is 2.83 bits per heavy atom. The molecule has 0 aliphatic rings. The standard InChI is InChI=1S/C12H10FN5/c1-7-2-9(6-16-5-7)17-12-8(4-14)3-10(13)11(15)18-12/h2-3,5-6H,1H3,(H3,15,17,18). The molecular formula is C12H10FN5. The van der Waals surface area contributed by atoms with Crippen molar-refractivity contribution in [3.63, 3.8) is 0 Å². The maximum absolute atomic E-state index is 13.2. The van der Waals surface area contributed by atoms with Crippen molar-refractivity contribution in [3.8, 4) is 6.07 Å². The Morgan fingerprint density at radius 2 is 2.17 bits per heavy atom. The average Bonchev–Trinajstić information content (AvgIpc) is 2.33. The first-order chi connectivity index (χ1) is 8.60. The number of nitrogen functional groups attached to an aromatic ring is 1. The molecule has 2 aromatic heterocycles. The van der Waals surface area contributed by atoms with E-state index in [1.165, 1.54) is 0 Å². The van der Waals surface area contributed by atoms with Gasteiger partial charge in [-0.2, -0.15) is 5.26 Å². The molecule has 0 saturated carbocycles. The predicted octanol–water partition coefficient (Wildman–Crippen LogP) is 2.12. The molecule has 0 amide bonds. The minimum absolute atomic E-state index is 0.0863. The van der Waals surface area contributed by atoms with E-state index in [-0.39, 0.29) is 17.2 Å². The molecule has 0 bridgehead atoms. The zero-order chi connectivity index (χ0) is 13.1. The topological polar surface area (TPSA) is 87.6 Å². The van der Waals surface area contributed by atoms with E-state index in [2.05, 4.69) is 15.3 Å². The van der Waals surface area contributed by atoms with Crippen molar-refractivity contribution in [1.82, 2.24) is 9.97 Å². The minimum atomic E-state index is -0.709. The number of nitrogens with zero attached hydrogens (tertiary/aromatic N) is 3. The minimum Gasteiger partial charge on any atom is -0.381 e. The van der Waals surface area contributed by atoms with Gasteiger partial charge in [-0.1, -0.05) is 0 Å². The molecule has 2 heterocycles. The van der Waals surface area contributed by atoms with Crippen LogP contribution in [0.1, 0.15) is 11.1 Å². The fourth-order valence-electron chi connectivity index (χ4n) is 1.44. The first kappa shape index (κ1) is 11.8. The molecule has 3 N–H and O–H groups in total. The summed E-state index contributed by atoms with van der Waals surface area (Å²) in [6, 6.07) is 4.74. The second-order valence-corrected chi connectivity index (χ2v) is 3.74. The summed E-state index contributed by atoms with van der Waals surface area (Å²) >= 11 is 0. The smallest absolute Gasteiger partial charge is 0.166 e. The molecule has 90 valence electrons. The quantitative estimate of drug-likeness (QED) is 0.843. The number of nitrogens with one attached hydrogen (secondary N) is 1. The second kappa shape index (κ2) is 4.67. The average molecular weight is 243 g/mol. The normalized spacial score (nSPS) is 9.83. The van der Waals surface area contributed by atoms with Gasteiger partial charge < -0.3 is 11.1 Å². The van der Waals surface area contributed by atoms with Gasteiger partial charge in [0.1, 0.15) is 6.07 Å². The van der Waals surface area contributed by atoms with E-state index in [0.717, 1.165) is 11.6 Å². The maximum Gasteiger partial charge on any atom is 0.166 e. The highest BCUT2D eigenvalue weighted by Gasteiger charge is 2.09. The summed E-state index contributed by atoms with van der Waals surface area (Å²) in [5.74, 6) is -0.750. The molecule has 0 saturated heterocycles. The van der Waals surface area contributed by atoms with Crippen LogP contribution >= 0.6 is 0 Å². The van der Waals surface area contributed by atoms with Gasteiger partial charge in [0.25, 0.3) is 0 Å². The Labute approximate surface area is 103 Å². The van der Waals surface area contributed by atoms with Gasteiger partial charge >= 0.3 is 0 Å². The van der Waals surface area contributed by atoms with Crippen molar-refractivity contribution in [3.05, 3.63) is 41.5 Å². The Morgan fingerprint density at radius 1 is 1.39 bits per heavy atom. The second-order valence-electron chi connectivity index (χ2n) is 3.74. The zero-order valence-electron chi connectivity index (χ0n) is 9.61. The van der Waals surface area contributed by atoms with Crippen LogP contribution in [-0.2, 0) is 0 Å². The van der Waals surface area contributed by atoms with Crippen molar-refractivity contribution in [2.45, 2.75) is 6.92 Å². The summed E-state index contributed by atoms with van der Waals surface area (Å²) in [6.45, 7) is 1.88. The molecule has 0 aliphatic heterocycles. The first-order valence-electron chi connectivity index (χ1n) is 5.15. The third-order valence-electron chi connectivity index (χ3n) is 2.26. The highest BCUT2D eigenvalue weighted by Crippen LogP contribution is 2.21. The molecule has 5 nitrogen and oxygen atoms in total. The summed E-state index contributed by atoms with van der Waals surface area (Å²) in [4.78, 5) is 7.81. The van der Waals surface area contributed by atoms with Gasteiger partial charge in [-0.05, 0) is 24.6 Å². The molecule has 0 unspecified atom stereocenters. The lowest BCUT2D eigenvalue weighted by Crippen LogP contribution is -2.03. The lowest BCUT2D eigenvalue weighted by Gasteiger charge is -2.08. The van der Waals surface area contributed by atoms with E-state index in [0.29, 0.717) is 5.69 Å². The van der Waals surface area contributed by atoms with Crippen molar-refractivity contribution in [2.75, 3.05) is 11.1 Å². The van der Waals surface area contributed by atoms with Gasteiger partial charge in [-0.25, -0.2) is 9.37 Å². The number of nitriles is 1. The zero-order valence-corrected chi connectivity index (χ0v) is 9.61. The molecule has 0 aromatic carbocycles. The van der Waals surface area contributed by atoms with E-state index in [1.54, 1.807) is 12.4 Å². The van der Waals surface area contributed by atoms with Gasteiger partial charge in [0.2, 0.25) is 0 Å². The lowest BCUT2D eigenvalue weighted by atomic mass is 10.2. The molecule has 0 spiro atoms. The van der Waals surface area contributed by atoms with Gasteiger partial charge in [0, 0.05) is 6.20 Å². The summed E-state index contributed by atoms with van der Waals surface area (Å²) in [5, 5.41) is 11.8. The SMILES string of the molecule is Cc1cncc(Nc2nc(N)c(F)cc2C#N)c1. The van der Waals surface area contributed by atoms with E-state index in [1.807, 2.05) is 19.1 Å². The Hall–Kier alpha value is -2.68. The molecule has 0 atom stereocenters. The fraction of sp³-hybridized carbons (Fsp3) is 0.0833. The molecule has 18 heavy (non-hydrogen) atoms. The molecule has 2 rings (SSSR count). The molecule has 2 aromatic rings. The van der Waals surface area contributed by atoms with Gasteiger partial charge in [0.15, 0.2) is 17.5 Å². The first-order valence-corrected chi connectivity index (χ1v) is 5.15. The Kier molecular flexibility index (Phi) is 3.06. The maximum atomic E-state index is 13.2. The van der Waals surface area contributed by atoms with Crippen LogP contribution in [-0.4, -0.2) is 9.97 Å². The molecule has 0 fully saturated rings. The summed E-state index contributed by atoms with van der Waals surface area (Å²) in [6.07, 6.45) is 3.28. The number of aromatic nitrogens is 2.